The lowest BCUT2D eigenvalue weighted by molar-refractivity contribution is -0.527. The van der Waals surface area contributed by atoms with Gasteiger partial charge in [-0.15, -0.1) is 11.8 Å². The second-order valence-corrected chi connectivity index (χ2v) is 8.11. The Hall–Kier alpha value is -2.45. The van der Waals surface area contributed by atoms with Crippen molar-refractivity contribution in [3.05, 3.63) is 75.6 Å². The Balaban J connectivity index is 1.80. The number of carbonyl (C=O) groups is 1. The molecule has 0 aromatic heterocycles. The first-order chi connectivity index (χ1) is 13.0. The van der Waals surface area contributed by atoms with Crippen molar-refractivity contribution >= 4 is 23.4 Å². The van der Waals surface area contributed by atoms with Gasteiger partial charge in [-0.05, 0) is 23.8 Å². The van der Waals surface area contributed by atoms with E-state index in [0.717, 1.165) is 5.56 Å². The van der Waals surface area contributed by atoms with Gasteiger partial charge in [0.15, 0.2) is 0 Å². The van der Waals surface area contributed by atoms with Gasteiger partial charge in [-0.2, -0.15) is 0 Å². The fraction of sp³-hybridized carbons (Fsp3) is 0.316. The average Bonchev–Trinajstić information content (AvgIpc) is 3.29. The molecule has 0 aliphatic carbocycles. The van der Waals surface area contributed by atoms with Crippen LogP contribution in [0.3, 0.4) is 0 Å². The zero-order valence-corrected chi connectivity index (χ0v) is 15.0. The quantitative estimate of drug-likeness (QED) is 0.636. The van der Waals surface area contributed by atoms with Crippen LogP contribution in [0.15, 0.2) is 48.5 Å². The van der Waals surface area contributed by atoms with Crippen molar-refractivity contribution in [1.29, 1.82) is 0 Å². The molecule has 27 heavy (non-hydrogen) atoms. The topological polar surface area (TPSA) is 75.5 Å². The highest BCUT2D eigenvalue weighted by atomic mass is 32.2. The van der Waals surface area contributed by atoms with Gasteiger partial charge in [0, 0.05) is 27.8 Å². The highest BCUT2D eigenvalue weighted by molar-refractivity contribution is 7.99. The predicted octanol–water partition coefficient (Wildman–Crippen LogP) is 2.79. The molecule has 6 nitrogen and oxygen atoms in total. The summed E-state index contributed by atoms with van der Waals surface area (Å²) in [7, 11) is 0. The first kappa shape index (κ1) is 16.7. The number of nitrogens with zero attached hydrogens (tertiary/aromatic N) is 2. The summed E-state index contributed by atoms with van der Waals surface area (Å²) in [5.41, 5.74) is 0.917. The Morgan fingerprint density at radius 2 is 1.96 bits per heavy atom. The van der Waals surface area contributed by atoms with E-state index in [-0.39, 0.29) is 16.9 Å². The number of halogens is 1. The molecule has 2 fully saturated rings. The number of fused-ring (bicyclic) bond motifs is 4. The molecular formula is C19H16FN3O3S. The van der Waals surface area contributed by atoms with E-state index < -0.39 is 23.3 Å². The van der Waals surface area contributed by atoms with Crippen LogP contribution in [0.5, 0.6) is 0 Å². The fourth-order valence-corrected chi connectivity index (χ4v) is 6.30. The van der Waals surface area contributed by atoms with Gasteiger partial charge in [-0.1, -0.05) is 30.3 Å². The largest absolute Gasteiger partial charge is 0.324 e. The van der Waals surface area contributed by atoms with E-state index in [2.05, 4.69) is 5.32 Å². The van der Waals surface area contributed by atoms with Gasteiger partial charge in [-0.3, -0.25) is 19.8 Å². The number of carbonyl (C=O) groups excluding carboxylic acids is 1. The number of rotatable bonds is 2. The predicted molar refractivity (Wildman–Crippen MR) is 99.6 cm³/mol. The summed E-state index contributed by atoms with van der Waals surface area (Å²) in [6, 6.07) is 11.8. The van der Waals surface area contributed by atoms with Gasteiger partial charge >= 0.3 is 0 Å². The van der Waals surface area contributed by atoms with Gasteiger partial charge < -0.3 is 5.32 Å². The normalized spacial score (nSPS) is 31.7. The van der Waals surface area contributed by atoms with E-state index in [1.807, 2.05) is 29.2 Å². The van der Waals surface area contributed by atoms with E-state index in [1.165, 1.54) is 12.1 Å². The molecule has 8 heteroatoms. The minimum Gasteiger partial charge on any atom is -0.324 e. The molecule has 2 saturated heterocycles. The van der Waals surface area contributed by atoms with Crippen LogP contribution in [-0.2, 0) is 10.3 Å². The summed E-state index contributed by atoms with van der Waals surface area (Å²) in [6.07, 6.45) is 0. The number of amides is 1. The number of anilines is 1. The number of nitro groups is 1. The molecule has 3 aliphatic rings. The Bertz CT molecular complexity index is 953. The van der Waals surface area contributed by atoms with E-state index in [0.29, 0.717) is 22.9 Å². The molecule has 3 heterocycles. The van der Waals surface area contributed by atoms with Crippen molar-refractivity contribution in [3.8, 4) is 0 Å². The molecule has 3 aliphatic heterocycles. The zero-order valence-electron chi connectivity index (χ0n) is 14.2. The van der Waals surface area contributed by atoms with Crippen LogP contribution in [0, 0.1) is 15.9 Å². The maximum Gasteiger partial charge on any atom is 0.250 e. The fourth-order valence-electron chi connectivity index (χ4n) is 4.98. The number of nitrogens with one attached hydrogen (secondary N) is 1. The molecule has 1 N–H and O–H groups in total. The van der Waals surface area contributed by atoms with Crippen LogP contribution in [-0.4, -0.2) is 39.4 Å². The SMILES string of the molecule is O=C1Nc2ccccc2[C@@]12C(c1ccc(F)cc1)C([N+](=O)[O-])C1CSCN12. The van der Waals surface area contributed by atoms with Gasteiger partial charge in [0.05, 0.1) is 12.0 Å². The maximum absolute atomic E-state index is 13.5. The minimum atomic E-state index is -1.15. The van der Waals surface area contributed by atoms with Crippen molar-refractivity contribution in [1.82, 2.24) is 4.90 Å². The highest BCUT2D eigenvalue weighted by Crippen LogP contribution is 2.59. The molecule has 5 rings (SSSR count). The molecule has 3 unspecified atom stereocenters. The number of hydrogen-bond donors (Lipinski definition) is 1. The molecule has 4 atom stereocenters. The van der Waals surface area contributed by atoms with E-state index >= 15 is 0 Å². The summed E-state index contributed by atoms with van der Waals surface area (Å²) in [4.78, 5) is 27.2. The van der Waals surface area contributed by atoms with Crippen LogP contribution in [0.2, 0.25) is 0 Å². The molecular weight excluding hydrogens is 369 g/mol. The molecule has 2 aromatic rings. The highest BCUT2D eigenvalue weighted by Gasteiger charge is 2.71. The minimum absolute atomic E-state index is 0.241. The first-order valence-corrected chi connectivity index (χ1v) is 9.85. The van der Waals surface area contributed by atoms with Crippen LogP contribution >= 0.6 is 11.8 Å². The number of hydrogen-bond acceptors (Lipinski definition) is 5. The average molecular weight is 385 g/mol. The summed E-state index contributed by atoms with van der Waals surface area (Å²) in [5.74, 6) is -0.192. The third-order valence-corrected chi connectivity index (χ3v) is 7.00. The first-order valence-electron chi connectivity index (χ1n) is 8.69. The van der Waals surface area contributed by atoms with E-state index in [1.54, 1.807) is 23.9 Å². The molecule has 0 bridgehead atoms. The molecule has 138 valence electrons. The van der Waals surface area contributed by atoms with Crippen LogP contribution in [0.4, 0.5) is 10.1 Å². The van der Waals surface area contributed by atoms with Crippen molar-refractivity contribution < 1.29 is 14.1 Å². The van der Waals surface area contributed by atoms with E-state index in [4.69, 9.17) is 0 Å². The Morgan fingerprint density at radius 1 is 1.22 bits per heavy atom. The zero-order chi connectivity index (χ0) is 18.8. The monoisotopic (exact) mass is 385 g/mol. The Morgan fingerprint density at radius 3 is 2.70 bits per heavy atom. The van der Waals surface area contributed by atoms with Crippen molar-refractivity contribution in [3.63, 3.8) is 0 Å². The maximum atomic E-state index is 13.5. The second-order valence-electron chi connectivity index (χ2n) is 7.11. The summed E-state index contributed by atoms with van der Waals surface area (Å²) in [6.45, 7) is 0. The summed E-state index contributed by atoms with van der Waals surface area (Å²) in [5, 5.41) is 15.0. The van der Waals surface area contributed by atoms with Crippen LogP contribution in [0.1, 0.15) is 17.0 Å². The van der Waals surface area contributed by atoms with Crippen LogP contribution in [0.25, 0.3) is 0 Å². The Kier molecular flexibility index (Phi) is 3.57. The van der Waals surface area contributed by atoms with Crippen molar-refractivity contribution in [2.75, 3.05) is 16.9 Å². The van der Waals surface area contributed by atoms with Gasteiger partial charge in [0.1, 0.15) is 11.4 Å². The van der Waals surface area contributed by atoms with Gasteiger partial charge in [-0.25, -0.2) is 4.39 Å². The summed E-state index contributed by atoms with van der Waals surface area (Å²) >= 11 is 1.61. The standard InChI is InChI=1S/C19H16FN3O3S/c20-12-7-5-11(6-8-12)16-17(23(25)26)15-9-27-10-22(15)19(16)13-3-1-2-4-14(13)21-18(19)24/h1-8,15-17H,9-10H2,(H,21,24)/t15?,16?,17?,19-/m1/s1. The summed E-state index contributed by atoms with van der Waals surface area (Å²) < 4.78 is 13.5. The lowest BCUT2D eigenvalue weighted by atomic mass is 9.74. The van der Waals surface area contributed by atoms with Crippen LogP contribution < -0.4 is 5.32 Å². The molecule has 0 radical (unpaired) electrons. The molecule has 1 spiro atoms. The lowest BCUT2D eigenvalue weighted by Crippen LogP contribution is -2.50. The van der Waals surface area contributed by atoms with Crippen molar-refractivity contribution in [2.45, 2.75) is 23.5 Å². The molecule has 0 saturated carbocycles. The van der Waals surface area contributed by atoms with Gasteiger partial charge in [0.25, 0.3) is 5.91 Å². The molecule has 1 amide bonds. The molecule has 2 aromatic carbocycles. The van der Waals surface area contributed by atoms with Gasteiger partial charge in [0.2, 0.25) is 6.04 Å². The smallest absolute Gasteiger partial charge is 0.250 e. The number of thioether (sulfide) groups is 1. The number of benzene rings is 2. The third-order valence-electron chi connectivity index (χ3n) is 5.96. The van der Waals surface area contributed by atoms with Crippen molar-refractivity contribution in [2.24, 2.45) is 0 Å². The second kappa shape index (κ2) is 5.77. The van der Waals surface area contributed by atoms with E-state index in [9.17, 15) is 19.3 Å². The lowest BCUT2D eigenvalue weighted by Gasteiger charge is -2.35. The Labute approximate surface area is 158 Å². The number of para-hydroxylation sites is 1. The third kappa shape index (κ3) is 2.08.